The standard InChI is InChI=1S/C24H29FN4O2/c25-21-9-5-4-8-19(21)14-23(31)29(15-17-6-2-1-3-7-17)16-22(30)28-20-12-10-18(11-13-20)24(26)27/h4-5,8-13,17H,1-3,6-7,14-16H2,(H3,26,27)(H,28,30). The molecule has 0 aliphatic heterocycles. The van der Waals surface area contributed by atoms with Gasteiger partial charge in [0.1, 0.15) is 11.7 Å². The summed E-state index contributed by atoms with van der Waals surface area (Å²) in [6.07, 6.45) is 5.48. The van der Waals surface area contributed by atoms with Gasteiger partial charge in [-0.15, -0.1) is 0 Å². The van der Waals surface area contributed by atoms with Gasteiger partial charge in [-0.25, -0.2) is 4.39 Å². The molecule has 4 N–H and O–H groups in total. The molecule has 1 aliphatic carbocycles. The predicted octanol–water partition coefficient (Wildman–Crippen LogP) is 3.70. The Morgan fingerprint density at radius 3 is 2.39 bits per heavy atom. The smallest absolute Gasteiger partial charge is 0.243 e. The van der Waals surface area contributed by atoms with Crippen molar-refractivity contribution in [2.75, 3.05) is 18.4 Å². The van der Waals surface area contributed by atoms with Crippen molar-refractivity contribution in [3.63, 3.8) is 0 Å². The van der Waals surface area contributed by atoms with E-state index in [0.717, 1.165) is 25.7 Å². The summed E-state index contributed by atoms with van der Waals surface area (Å²) in [4.78, 5) is 27.2. The summed E-state index contributed by atoms with van der Waals surface area (Å²) < 4.78 is 14.0. The van der Waals surface area contributed by atoms with Crippen LogP contribution in [0.2, 0.25) is 0 Å². The Kier molecular flexibility index (Phi) is 7.76. The molecular weight excluding hydrogens is 395 g/mol. The Morgan fingerprint density at radius 1 is 1.06 bits per heavy atom. The quantitative estimate of drug-likeness (QED) is 0.445. The molecule has 1 saturated carbocycles. The number of nitrogens with two attached hydrogens (primary N) is 1. The highest BCUT2D eigenvalue weighted by atomic mass is 19.1. The van der Waals surface area contributed by atoms with E-state index in [9.17, 15) is 14.0 Å². The van der Waals surface area contributed by atoms with Gasteiger partial charge in [-0.05, 0) is 54.7 Å². The van der Waals surface area contributed by atoms with Crippen molar-refractivity contribution in [1.29, 1.82) is 5.41 Å². The molecule has 2 amide bonds. The first-order chi connectivity index (χ1) is 14.9. The lowest BCUT2D eigenvalue weighted by atomic mass is 9.89. The Labute approximate surface area is 182 Å². The second kappa shape index (κ2) is 10.7. The highest BCUT2D eigenvalue weighted by molar-refractivity contribution is 5.97. The Balaban J connectivity index is 1.67. The lowest BCUT2D eigenvalue weighted by Gasteiger charge is -2.29. The third-order valence-electron chi connectivity index (χ3n) is 5.67. The van der Waals surface area contributed by atoms with Crippen molar-refractivity contribution < 1.29 is 14.0 Å². The monoisotopic (exact) mass is 424 g/mol. The fourth-order valence-electron chi connectivity index (χ4n) is 3.96. The van der Waals surface area contributed by atoms with E-state index in [4.69, 9.17) is 11.1 Å². The van der Waals surface area contributed by atoms with Crippen molar-refractivity contribution >= 4 is 23.3 Å². The zero-order chi connectivity index (χ0) is 22.2. The van der Waals surface area contributed by atoms with Crippen LogP contribution in [-0.2, 0) is 16.0 Å². The Bertz CT molecular complexity index is 923. The van der Waals surface area contributed by atoms with Gasteiger partial charge in [-0.1, -0.05) is 37.5 Å². The number of amidine groups is 1. The Morgan fingerprint density at radius 2 is 1.74 bits per heavy atom. The number of nitrogens with zero attached hydrogens (tertiary/aromatic N) is 1. The number of anilines is 1. The zero-order valence-corrected chi connectivity index (χ0v) is 17.6. The first kappa shape index (κ1) is 22.5. The Hall–Kier alpha value is -3.22. The molecule has 0 spiro atoms. The minimum Gasteiger partial charge on any atom is -0.384 e. The summed E-state index contributed by atoms with van der Waals surface area (Å²) in [6.45, 7) is 0.419. The molecule has 2 aromatic rings. The lowest BCUT2D eigenvalue weighted by molar-refractivity contribution is -0.134. The first-order valence-corrected chi connectivity index (χ1v) is 10.7. The predicted molar refractivity (Wildman–Crippen MR) is 119 cm³/mol. The summed E-state index contributed by atoms with van der Waals surface area (Å²) in [7, 11) is 0. The largest absolute Gasteiger partial charge is 0.384 e. The van der Waals surface area contributed by atoms with Crippen LogP contribution < -0.4 is 11.1 Å². The van der Waals surface area contributed by atoms with Crippen molar-refractivity contribution in [3.05, 3.63) is 65.5 Å². The van der Waals surface area contributed by atoms with Gasteiger partial charge in [0.15, 0.2) is 0 Å². The molecule has 164 valence electrons. The van der Waals surface area contributed by atoms with E-state index in [0.29, 0.717) is 29.3 Å². The molecule has 3 rings (SSSR count). The number of hydrogen-bond donors (Lipinski definition) is 3. The lowest BCUT2D eigenvalue weighted by Crippen LogP contribution is -2.42. The van der Waals surface area contributed by atoms with Crippen LogP contribution in [0.3, 0.4) is 0 Å². The van der Waals surface area contributed by atoms with Crippen molar-refractivity contribution in [2.45, 2.75) is 38.5 Å². The molecule has 1 fully saturated rings. The average molecular weight is 425 g/mol. The van der Waals surface area contributed by atoms with E-state index in [1.165, 1.54) is 12.5 Å². The molecule has 0 unspecified atom stereocenters. The normalized spacial score (nSPS) is 14.1. The molecule has 0 saturated heterocycles. The maximum absolute atomic E-state index is 14.0. The third-order valence-corrected chi connectivity index (χ3v) is 5.67. The molecule has 31 heavy (non-hydrogen) atoms. The minimum atomic E-state index is -0.413. The van der Waals surface area contributed by atoms with Crippen molar-refractivity contribution in [2.24, 2.45) is 11.7 Å². The van der Waals surface area contributed by atoms with Crippen LogP contribution in [0.25, 0.3) is 0 Å². The highest BCUT2D eigenvalue weighted by Crippen LogP contribution is 2.25. The van der Waals surface area contributed by atoms with Crippen molar-refractivity contribution in [1.82, 2.24) is 4.90 Å². The van der Waals surface area contributed by atoms with E-state index in [-0.39, 0.29) is 30.6 Å². The second-order valence-corrected chi connectivity index (χ2v) is 8.09. The number of halogens is 1. The highest BCUT2D eigenvalue weighted by Gasteiger charge is 2.24. The molecule has 0 heterocycles. The molecular formula is C24H29FN4O2. The van der Waals surface area contributed by atoms with Crippen LogP contribution in [0.1, 0.15) is 43.2 Å². The fourth-order valence-corrected chi connectivity index (χ4v) is 3.96. The summed E-state index contributed by atoms with van der Waals surface area (Å²) in [5.74, 6) is -0.661. The number of nitrogen functional groups attached to an aromatic ring is 1. The SMILES string of the molecule is N=C(N)c1ccc(NC(=O)CN(CC2CCCCC2)C(=O)Cc2ccccc2F)cc1. The number of rotatable bonds is 8. The number of nitrogens with one attached hydrogen (secondary N) is 2. The van der Waals surface area contributed by atoms with E-state index >= 15 is 0 Å². The summed E-state index contributed by atoms with van der Waals surface area (Å²) in [6, 6.07) is 12.9. The molecule has 0 radical (unpaired) electrons. The number of carbonyl (C=O) groups is 2. The van der Waals surface area contributed by atoms with E-state index in [2.05, 4.69) is 5.32 Å². The number of benzene rings is 2. The van der Waals surface area contributed by atoms with E-state index in [1.54, 1.807) is 47.4 Å². The molecule has 1 aliphatic rings. The second-order valence-electron chi connectivity index (χ2n) is 8.09. The van der Waals surface area contributed by atoms with Crippen LogP contribution in [0.5, 0.6) is 0 Å². The van der Waals surface area contributed by atoms with Gasteiger partial charge < -0.3 is 16.0 Å². The fraction of sp³-hybridized carbons (Fsp3) is 0.375. The molecule has 0 atom stereocenters. The van der Waals surface area contributed by atoms with Crippen LogP contribution >= 0.6 is 0 Å². The zero-order valence-electron chi connectivity index (χ0n) is 17.6. The van der Waals surface area contributed by atoms with Crippen LogP contribution in [0.4, 0.5) is 10.1 Å². The van der Waals surface area contributed by atoms with Crippen molar-refractivity contribution in [3.8, 4) is 0 Å². The molecule has 2 aromatic carbocycles. The van der Waals surface area contributed by atoms with E-state index < -0.39 is 5.82 Å². The first-order valence-electron chi connectivity index (χ1n) is 10.7. The average Bonchev–Trinajstić information content (AvgIpc) is 2.76. The van der Waals surface area contributed by atoms with E-state index in [1.807, 2.05) is 0 Å². The van der Waals surface area contributed by atoms with Gasteiger partial charge in [-0.3, -0.25) is 15.0 Å². The maximum Gasteiger partial charge on any atom is 0.243 e. The molecule has 0 bridgehead atoms. The van der Waals surface area contributed by atoms with Crippen LogP contribution in [0, 0.1) is 17.1 Å². The molecule has 0 aromatic heterocycles. The topological polar surface area (TPSA) is 99.3 Å². The van der Waals surface area contributed by atoms with Gasteiger partial charge in [0.2, 0.25) is 11.8 Å². The number of amides is 2. The minimum absolute atomic E-state index is 0.0460. The molecule has 6 nitrogen and oxygen atoms in total. The third kappa shape index (κ3) is 6.64. The number of hydrogen-bond acceptors (Lipinski definition) is 3. The van der Waals surface area contributed by atoms with Gasteiger partial charge in [-0.2, -0.15) is 0 Å². The summed E-state index contributed by atoms with van der Waals surface area (Å²) >= 11 is 0. The summed E-state index contributed by atoms with van der Waals surface area (Å²) in [5.41, 5.74) is 6.92. The van der Waals surface area contributed by atoms with Gasteiger partial charge in [0, 0.05) is 17.8 Å². The maximum atomic E-state index is 14.0. The van der Waals surface area contributed by atoms with Gasteiger partial charge in [0.25, 0.3) is 0 Å². The number of carbonyl (C=O) groups excluding carboxylic acids is 2. The molecule has 7 heteroatoms. The van der Waals surface area contributed by atoms with Crippen LogP contribution in [0.15, 0.2) is 48.5 Å². The summed E-state index contributed by atoms with van der Waals surface area (Å²) in [5, 5.41) is 10.2. The van der Waals surface area contributed by atoms with Gasteiger partial charge >= 0.3 is 0 Å². The van der Waals surface area contributed by atoms with Gasteiger partial charge in [0.05, 0.1) is 13.0 Å². The van der Waals surface area contributed by atoms with Crippen LogP contribution in [-0.4, -0.2) is 35.6 Å².